The highest BCUT2D eigenvalue weighted by molar-refractivity contribution is 5.97. The van der Waals surface area contributed by atoms with Crippen LogP contribution in [-0.4, -0.2) is 106 Å². The molecule has 0 spiro atoms. The second-order valence-electron chi connectivity index (χ2n) is 13.2. The fraction of sp³-hybridized carbons (Fsp3) is 0.594. The number of benzene rings is 1. The molecule has 3 aliphatic heterocycles. The number of anilines is 1. The highest BCUT2D eigenvalue weighted by Crippen LogP contribution is 2.40. The first-order chi connectivity index (χ1) is 20.3. The Kier molecular flexibility index (Phi) is 8.70. The number of pyridine rings is 1. The van der Waals surface area contributed by atoms with Crippen molar-refractivity contribution in [1.82, 2.24) is 19.3 Å². The Morgan fingerprint density at radius 2 is 1.70 bits per heavy atom. The molecular formula is C32H44FN5O5. The van der Waals surface area contributed by atoms with E-state index in [0.717, 1.165) is 16.9 Å². The number of nitrogens with zero attached hydrogens (tertiary/aromatic N) is 5. The molecule has 0 bridgehead atoms. The number of carboxylic acid groups (broad SMARTS) is 1. The van der Waals surface area contributed by atoms with E-state index in [4.69, 9.17) is 4.74 Å². The molecule has 4 atom stereocenters. The van der Waals surface area contributed by atoms with E-state index >= 15 is 0 Å². The number of rotatable bonds is 6. The zero-order valence-electron chi connectivity index (χ0n) is 26.0. The molecule has 234 valence electrons. The van der Waals surface area contributed by atoms with Crippen LogP contribution in [0.2, 0.25) is 0 Å². The van der Waals surface area contributed by atoms with Gasteiger partial charge in [-0.05, 0) is 44.5 Å². The molecule has 10 nitrogen and oxygen atoms in total. The third kappa shape index (κ3) is 6.21. The zero-order valence-corrected chi connectivity index (χ0v) is 26.0. The molecule has 3 aliphatic rings. The standard InChI is InChI=1S/C32H44FN5O5/c1-20-13-35(26(15-37(20)31(41)42)14-36-21(2)17-43-18-22(36)3)16-28(39)38-19-32(4,5)29-27(38)12-24(30(40)34(29)6)11-23-7-9-25(33)10-8-23/h7-10,12,20-22,26H,11,13-19H2,1-6H3,(H,41,42)/t20-,21-,22-,26+/m1/s1. The summed E-state index contributed by atoms with van der Waals surface area (Å²) in [7, 11) is 1.75. The summed E-state index contributed by atoms with van der Waals surface area (Å²) in [5.41, 5.74) is 2.32. The fourth-order valence-electron chi connectivity index (χ4n) is 7.16. The number of fused-ring (bicyclic) bond motifs is 1. The minimum absolute atomic E-state index is 0.0812. The lowest BCUT2D eigenvalue weighted by molar-refractivity contribution is -0.122. The van der Waals surface area contributed by atoms with Crippen molar-refractivity contribution in [3.05, 3.63) is 63.3 Å². The average molecular weight is 598 g/mol. The molecule has 1 aromatic heterocycles. The first kappa shape index (κ1) is 31.2. The van der Waals surface area contributed by atoms with Gasteiger partial charge < -0.3 is 24.2 Å². The van der Waals surface area contributed by atoms with Crippen LogP contribution in [0.1, 0.15) is 51.4 Å². The number of carbonyl (C=O) groups excluding carboxylic acids is 1. The first-order valence-corrected chi connectivity index (χ1v) is 15.1. The van der Waals surface area contributed by atoms with Gasteiger partial charge in [-0.15, -0.1) is 0 Å². The van der Waals surface area contributed by atoms with Crippen LogP contribution >= 0.6 is 0 Å². The van der Waals surface area contributed by atoms with Crippen molar-refractivity contribution in [3.8, 4) is 0 Å². The van der Waals surface area contributed by atoms with Crippen LogP contribution < -0.4 is 10.5 Å². The Hall–Kier alpha value is -3.28. The topological polar surface area (TPSA) is 98.6 Å². The Morgan fingerprint density at radius 3 is 2.33 bits per heavy atom. The molecule has 43 heavy (non-hydrogen) atoms. The molecule has 0 radical (unpaired) electrons. The maximum Gasteiger partial charge on any atom is 0.407 e. The Morgan fingerprint density at radius 1 is 1.05 bits per heavy atom. The molecule has 2 fully saturated rings. The van der Waals surface area contributed by atoms with E-state index in [1.807, 2.05) is 26.8 Å². The molecular weight excluding hydrogens is 553 g/mol. The van der Waals surface area contributed by atoms with Gasteiger partial charge >= 0.3 is 6.09 Å². The van der Waals surface area contributed by atoms with Gasteiger partial charge in [0.05, 0.1) is 31.1 Å². The lowest BCUT2D eigenvalue weighted by Crippen LogP contribution is -2.64. The lowest BCUT2D eigenvalue weighted by atomic mass is 9.90. The number of aromatic nitrogens is 1. The molecule has 2 saturated heterocycles. The third-order valence-corrected chi connectivity index (χ3v) is 9.37. The molecule has 5 rings (SSSR count). The van der Waals surface area contributed by atoms with Gasteiger partial charge in [-0.25, -0.2) is 9.18 Å². The minimum Gasteiger partial charge on any atom is -0.465 e. The molecule has 1 aromatic carbocycles. The Balaban J connectivity index is 1.43. The van der Waals surface area contributed by atoms with E-state index in [0.29, 0.717) is 51.4 Å². The van der Waals surface area contributed by atoms with Crippen molar-refractivity contribution < 1.29 is 23.8 Å². The van der Waals surface area contributed by atoms with Gasteiger partial charge in [-0.2, -0.15) is 0 Å². The number of carbonyl (C=O) groups is 2. The molecule has 0 unspecified atom stereocenters. The maximum atomic E-state index is 14.1. The molecule has 2 amide bonds. The molecule has 4 heterocycles. The summed E-state index contributed by atoms with van der Waals surface area (Å²) in [5.74, 6) is -0.416. The van der Waals surface area contributed by atoms with E-state index < -0.39 is 11.5 Å². The summed E-state index contributed by atoms with van der Waals surface area (Å²) in [5, 5.41) is 9.89. The predicted molar refractivity (Wildman–Crippen MR) is 162 cm³/mol. The normalized spacial score (nSPS) is 26.0. The lowest BCUT2D eigenvalue weighted by Gasteiger charge is -2.48. The highest BCUT2D eigenvalue weighted by atomic mass is 19.1. The summed E-state index contributed by atoms with van der Waals surface area (Å²) < 4.78 is 20.9. The molecule has 0 aliphatic carbocycles. The molecule has 2 aromatic rings. The van der Waals surface area contributed by atoms with E-state index in [1.165, 1.54) is 17.0 Å². The Bertz CT molecular complexity index is 1420. The van der Waals surface area contributed by atoms with Crippen LogP contribution in [-0.2, 0) is 28.4 Å². The van der Waals surface area contributed by atoms with Gasteiger partial charge in [0.15, 0.2) is 0 Å². The van der Waals surface area contributed by atoms with Crippen molar-refractivity contribution in [1.29, 1.82) is 0 Å². The van der Waals surface area contributed by atoms with Crippen LogP contribution in [0.4, 0.5) is 14.9 Å². The number of ether oxygens (including phenoxy) is 1. The van der Waals surface area contributed by atoms with E-state index in [1.54, 1.807) is 28.6 Å². The number of hydrogen-bond donors (Lipinski definition) is 1. The summed E-state index contributed by atoms with van der Waals surface area (Å²) >= 11 is 0. The summed E-state index contributed by atoms with van der Waals surface area (Å²) in [4.78, 5) is 47.4. The molecule has 0 saturated carbocycles. The average Bonchev–Trinajstić information content (AvgIpc) is 3.21. The summed E-state index contributed by atoms with van der Waals surface area (Å²) in [6, 6.07) is 7.88. The van der Waals surface area contributed by atoms with Crippen LogP contribution in [0.3, 0.4) is 0 Å². The van der Waals surface area contributed by atoms with Gasteiger partial charge in [0.25, 0.3) is 5.56 Å². The van der Waals surface area contributed by atoms with Crippen LogP contribution in [0.5, 0.6) is 0 Å². The van der Waals surface area contributed by atoms with Crippen molar-refractivity contribution in [2.75, 3.05) is 50.8 Å². The minimum atomic E-state index is -0.948. The monoisotopic (exact) mass is 597 g/mol. The largest absolute Gasteiger partial charge is 0.465 e. The Labute approximate surface area is 252 Å². The zero-order chi connectivity index (χ0) is 31.2. The van der Waals surface area contributed by atoms with Crippen molar-refractivity contribution >= 4 is 17.7 Å². The van der Waals surface area contributed by atoms with E-state index in [2.05, 4.69) is 23.6 Å². The predicted octanol–water partition coefficient (Wildman–Crippen LogP) is 2.90. The highest BCUT2D eigenvalue weighted by Gasteiger charge is 2.43. The number of amides is 2. The van der Waals surface area contributed by atoms with Gasteiger partial charge in [-0.3, -0.25) is 19.4 Å². The second kappa shape index (κ2) is 12.0. The quantitative estimate of drug-likeness (QED) is 0.547. The first-order valence-electron chi connectivity index (χ1n) is 15.1. The van der Waals surface area contributed by atoms with Crippen LogP contribution in [0.15, 0.2) is 35.1 Å². The molecule has 11 heteroatoms. The van der Waals surface area contributed by atoms with E-state index in [9.17, 15) is 23.9 Å². The number of piperazine rings is 1. The van der Waals surface area contributed by atoms with Crippen molar-refractivity contribution in [3.63, 3.8) is 0 Å². The second-order valence-corrected chi connectivity index (χ2v) is 13.2. The molecule has 1 N–H and O–H groups in total. The van der Waals surface area contributed by atoms with Gasteiger partial charge in [0, 0.05) is 74.8 Å². The van der Waals surface area contributed by atoms with Gasteiger partial charge in [0.2, 0.25) is 5.91 Å². The number of hydrogen-bond acceptors (Lipinski definition) is 6. The number of morpholine rings is 1. The van der Waals surface area contributed by atoms with Gasteiger partial charge in [0.1, 0.15) is 5.82 Å². The maximum absolute atomic E-state index is 14.1. The summed E-state index contributed by atoms with van der Waals surface area (Å²) in [6.07, 6.45) is -0.619. The van der Waals surface area contributed by atoms with Crippen LogP contribution in [0, 0.1) is 5.82 Å². The SMILES string of the molecule is C[C@@H]1CN(CC(=O)N2CC(C)(C)c3c2cc(Cc2ccc(F)cc2)c(=O)n3C)[C@@H](CN2[C@H](C)COC[C@H]2C)CN1C(=O)O. The van der Waals surface area contributed by atoms with Crippen molar-refractivity contribution in [2.24, 2.45) is 7.05 Å². The fourth-order valence-corrected chi connectivity index (χ4v) is 7.16. The summed E-state index contributed by atoms with van der Waals surface area (Å²) in [6.45, 7) is 13.4. The number of halogens is 1. The van der Waals surface area contributed by atoms with Gasteiger partial charge in [-0.1, -0.05) is 26.0 Å². The van der Waals surface area contributed by atoms with E-state index in [-0.39, 0.29) is 48.0 Å². The third-order valence-electron chi connectivity index (χ3n) is 9.37. The smallest absolute Gasteiger partial charge is 0.407 e. The van der Waals surface area contributed by atoms with Crippen molar-refractivity contribution in [2.45, 2.75) is 70.6 Å². The van der Waals surface area contributed by atoms with Crippen LogP contribution in [0.25, 0.3) is 0 Å².